The van der Waals surface area contributed by atoms with Crippen molar-refractivity contribution in [2.24, 2.45) is 5.73 Å². The lowest BCUT2D eigenvalue weighted by atomic mass is 10.0. The van der Waals surface area contributed by atoms with Crippen molar-refractivity contribution in [3.8, 4) is 0 Å². The monoisotopic (exact) mass is 357 g/mol. The first kappa shape index (κ1) is 20.6. The summed E-state index contributed by atoms with van der Waals surface area (Å²) < 4.78 is 33.0. The van der Waals surface area contributed by atoms with E-state index >= 15 is 0 Å². The Labute approximate surface area is 144 Å². The number of benzene rings is 1. The topological polar surface area (TPSA) is 95.7 Å². The smallest absolute Gasteiger partial charge is 0.355 e. The van der Waals surface area contributed by atoms with Crippen LogP contribution in [0.2, 0.25) is 0 Å². The quantitative estimate of drug-likeness (QED) is 0.332. The molecule has 0 bridgehead atoms. The van der Waals surface area contributed by atoms with Crippen LogP contribution in [-0.2, 0) is 30.3 Å². The Morgan fingerprint density at radius 1 is 1.12 bits per heavy atom. The number of aryl methyl sites for hydroxylation is 1. The average molecular weight is 357 g/mol. The standard InChI is InChI=1S/C17H27NO5S/c1-16(2,3)22-15(19)17(18,23-24(4,20)21)13-9-8-12-14-10-6-5-7-11-14/h5-7,10-11H,8-9,12-13,18H2,1-4H3. The first-order valence-corrected chi connectivity index (χ1v) is 9.70. The number of ether oxygens (including phenoxy) is 1. The van der Waals surface area contributed by atoms with Crippen molar-refractivity contribution in [2.45, 2.75) is 57.8 Å². The van der Waals surface area contributed by atoms with E-state index in [0.717, 1.165) is 19.1 Å². The molecule has 0 aliphatic carbocycles. The summed E-state index contributed by atoms with van der Waals surface area (Å²) >= 11 is 0. The van der Waals surface area contributed by atoms with E-state index in [1.54, 1.807) is 20.8 Å². The van der Waals surface area contributed by atoms with Crippen LogP contribution in [0.15, 0.2) is 30.3 Å². The van der Waals surface area contributed by atoms with Gasteiger partial charge in [-0.15, -0.1) is 0 Å². The molecule has 1 aromatic rings. The van der Waals surface area contributed by atoms with E-state index in [1.807, 2.05) is 30.3 Å². The van der Waals surface area contributed by atoms with Crippen LogP contribution < -0.4 is 5.73 Å². The molecule has 0 fully saturated rings. The van der Waals surface area contributed by atoms with E-state index in [0.29, 0.717) is 6.42 Å². The molecule has 7 heteroatoms. The van der Waals surface area contributed by atoms with Gasteiger partial charge in [0.2, 0.25) is 5.72 Å². The first-order chi connectivity index (χ1) is 10.9. The SMILES string of the molecule is CC(C)(C)OC(=O)C(N)(CCCCc1ccccc1)OS(C)(=O)=O. The highest BCUT2D eigenvalue weighted by molar-refractivity contribution is 7.86. The summed E-state index contributed by atoms with van der Waals surface area (Å²) in [6.07, 6.45) is 3.01. The Balaban J connectivity index is 2.69. The van der Waals surface area contributed by atoms with Crippen LogP contribution >= 0.6 is 0 Å². The normalized spacial score (nSPS) is 14.9. The average Bonchev–Trinajstić information content (AvgIpc) is 2.41. The van der Waals surface area contributed by atoms with Gasteiger partial charge >= 0.3 is 5.97 Å². The first-order valence-electron chi connectivity index (χ1n) is 7.88. The minimum Gasteiger partial charge on any atom is -0.457 e. The van der Waals surface area contributed by atoms with E-state index < -0.39 is 27.4 Å². The summed E-state index contributed by atoms with van der Waals surface area (Å²) in [5, 5.41) is 0. The van der Waals surface area contributed by atoms with Gasteiger partial charge in [-0.3, -0.25) is 5.73 Å². The van der Waals surface area contributed by atoms with Crippen molar-refractivity contribution in [3.63, 3.8) is 0 Å². The predicted molar refractivity (Wildman–Crippen MR) is 92.7 cm³/mol. The Kier molecular flexibility index (Phi) is 6.95. The Morgan fingerprint density at radius 3 is 2.21 bits per heavy atom. The maximum atomic E-state index is 12.3. The van der Waals surface area contributed by atoms with Gasteiger partial charge in [0.25, 0.3) is 10.1 Å². The molecule has 2 N–H and O–H groups in total. The van der Waals surface area contributed by atoms with Crippen molar-refractivity contribution in [1.29, 1.82) is 0 Å². The number of esters is 1. The summed E-state index contributed by atoms with van der Waals surface area (Å²) in [5.41, 5.74) is 4.32. The minimum atomic E-state index is -3.90. The number of carbonyl (C=O) groups excluding carboxylic acids is 1. The van der Waals surface area contributed by atoms with E-state index in [-0.39, 0.29) is 6.42 Å². The van der Waals surface area contributed by atoms with Crippen LogP contribution in [0.3, 0.4) is 0 Å². The van der Waals surface area contributed by atoms with E-state index in [2.05, 4.69) is 0 Å². The highest BCUT2D eigenvalue weighted by Gasteiger charge is 2.42. The number of unbranched alkanes of at least 4 members (excludes halogenated alkanes) is 1. The van der Waals surface area contributed by atoms with Gasteiger partial charge < -0.3 is 4.74 Å². The summed E-state index contributed by atoms with van der Waals surface area (Å²) in [5.74, 6) is -0.875. The van der Waals surface area contributed by atoms with Crippen LogP contribution in [-0.4, -0.2) is 32.0 Å². The maximum Gasteiger partial charge on any atom is 0.355 e. The predicted octanol–water partition coefficient (Wildman–Crippen LogP) is 2.37. The molecule has 0 aliphatic rings. The van der Waals surface area contributed by atoms with Gasteiger partial charge in [0.15, 0.2) is 0 Å². The number of carbonyl (C=O) groups is 1. The van der Waals surface area contributed by atoms with E-state index in [4.69, 9.17) is 14.7 Å². The molecule has 24 heavy (non-hydrogen) atoms. The van der Waals surface area contributed by atoms with Gasteiger partial charge in [-0.05, 0) is 45.6 Å². The van der Waals surface area contributed by atoms with E-state index in [9.17, 15) is 13.2 Å². The molecular formula is C17H27NO5S. The molecular weight excluding hydrogens is 330 g/mol. The van der Waals surface area contributed by atoms with Gasteiger partial charge in [0.1, 0.15) is 5.60 Å². The zero-order chi connectivity index (χ0) is 18.4. The fourth-order valence-corrected chi connectivity index (χ4v) is 2.87. The van der Waals surface area contributed by atoms with Crippen LogP contribution in [0, 0.1) is 0 Å². The highest BCUT2D eigenvalue weighted by Crippen LogP contribution is 2.22. The van der Waals surface area contributed by atoms with Crippen molar-refractivity contribution in [2.75, 3.05) is 6.26 Å². The Hall–Kier alpha value is -1.44. The second-order valence-corrected chi connectivity index (χ2v) is 8.45. The molecule has 0 heterocycles. The zero-order valence-electron chi connectivity index (χ0n) is 14.7. The lowest BCUT2D eigenvalue weighted by molar-refractivity contribution is -0.174. The summed E-state index contributed by atoms with van der Waals surface area (Å²) in [6.45, 7) is 5.05. The van der Waals surface area contributed by atoms with Crippen molar-refractivity contribution >= 4 is 16.1 Å². The number of nitrogens with two attached hydrogens (primary N) is 1. The van der Waals surface area contributed by atoms with Gasteiger partial charge in [-0.1, -0.05) is 30.3 Å². The molecule has 0 saturated carbocycles. The minimum absolute atomic E-state index is 0.0574. The van der Waals surface area contributed by atoms with Crippen LogP contribution in [0.25, 0.3) is 0 Å². The molecule has 6 nitrogen and oxygen atoms in total. The van der Waals surface area contributed by atoms with Crippen molar-refractivity contribution in [3.05, 3.63) is 35.9 Å². The Bertz CT molecular complexity index is 637. The molecule has 0 radical (unpaired) electrons. The third kappa shape index (κ3) is 7.90. The maximum absolute atomic E-state index is 12.3. The molecule has 0 amide bonds. The summed E-state index contributed by atoms with van der Waals surface area (Å²) in [4.78, 5) is 12.3. The van der Waals surface area contributed by atoms with Crippen molar-refractivity contribution < 1.29 is 22.1 Å². The second kappa shape index (κ2) is 8.09. The van der Waals surface area contributed by atoms with Gasteiger partial charge in [-0.2, -0.15) is 8.42 Å². The third-order valence-corrected chi connectivity index (χ3v) is 3.75. The largest absolute Gasteiger partial charge is 0.457 e. The fourth-order valence-electron chi connectivity index (χ4n) is 2.17. The zero-order valence-corrected chi connectivity index (χ0v) is 15.6. The molecule has 1 atom stereocenters. The molecule has 0 saturated heterocycles. The molecule has 1 unspecified atom stereocenters. The molecule has 1 aromatic carbocycles. The summed E-state index contributed by atoms with van der Waals surface area (Å²) in [6, 6.07) is 9.87. The summed E-state index contributed by atoms with van der Waals surface area (Å²) in [7, 11) is -3.90. The number of hydrogen-bond acceptors (Lipinski definition) is 6. The molecule has 1 rings (SSSR count). The molecule has 0 aliphatic heterocycles. The lowest BCUT2D eigenvalue weighted by Crippen LogP contribution is -2.54. The number of hydrogen-bond donors (Lipinski definition) is 1. The van der Waals surface area contributed by atoms with E-state index in [1.165, 1.54) is 5.56 Å². The van der Waals surface area contributed by atoms with Crippen LogP contribution in [0.1, 0.15) is 45.6 Å². The molecule has 136 valence electrons. The van der Waals surface area contributed by atoms with Gasteiger partial charge in [-0.25, -0.2) is 8.98 Å². The Morgan fingerprint density at radius 2 is 1.71 bits per heavy atom. The van der Waals surface area contributed by atoms with Crippen LogP contribution in [0.4, 0.5) is 0 Å². The fraction of sp³-hybridized carbons (Fsp3) is 0.588. The number of rotatable bonds is 8. The lowest BCUT2D eigenvalue weighted by Gasteiger charge is -2.30. The molecule has 0 spiro atoms. The van der Waals surface area contributed by atoms with Crippen LogP contribution in [0.5, 0.6) is 0 Å². The van der Waals surface area contributed by atoms with Gasteiger partial charge in [0.05, 0.1) is 6.26 Å². The van der Waals surface area contributed by atoms with Crippen molar-refractivity contribution in [1.82, 2.24) is 0 Å². The highest BCUT2D eigenvalue weighted by atomic mass is 32.2. The second-order valence-electron chi connectivity index (χ2n) is 6.87. The third-order valence-electron chi connectivity index (χ3n) is 3.15. The van der Waals surface area contributed by atoms with Gasteiger partial charge in [0, 0.05) is 6.42 Å². The molecule has 0 aromatic heterocycles.